The molecule has 0 saturated heterocycles. The number of sulfone groups is 1. The van der Waals surface area contributed by atoms with Crippen LogP contribution in [-0.4, -0.2) is 33.0 Å². The van der Waals surface area contributed by atoms with Crippen LogP contribution in [0.5, 0.6) is 0 Å². The number of allylic oxidation sites excluding steroid dienone is 1. The van der Waals surface area contributed by atoms with Gasteiger partial charge in [0.25, 0.3) is 0 Å². The van der Waals surface area contributed by atoms with Crippen LogP contribution in [0.25, 0.3) is 0 Å². The Morgan fingerprint density at radius 1 is 1.22 bits per heavy atom. The van der Waals surface area contributed by atoms with E-state index < -0.39 is 32.2 Å². The third kappa shape index (κ3) is 3.27. The Balaban J connectivity index is 2.95. The van der Waals surface area contributed by atoms with E-state index in [0.29, 0.717) is 0 Å². The second kappa shape index (κ2) is 5.59. The molecule has 1 aromatic rings. The number of ether oxygens (including phenoxy) is 1. The molecular weight excluding hydrogens is 256 g/mol. The van der Waals surface area contributed by atoms with E-state index in [-0.39, 0.29) is 5.56 Å². The molecule has 0 aliphatic carbocycles. The fourth-order valence-corrected chi connectivity index (χ4v) is 2.20. The summed E-state index contributed by atoms with van der Waals surface area (Å²) in [6.45, 7) is 3.24. The van der Waals surface area contributed by atoms with Crippen LogP contribution in [0.3, 0.4) is 0 Å². The normalized spacial score (nSPS) is 10.7. The van der Waals surface area contributed by atoms with Crippen molar-refractivity contribution in [1.29, 1.82) is 0 Å². The van der Waals surface area contributed by atoms with Gasteiger partial charge in [0.1, 0.15) is 4.91 Å². The number of ketones is 1. The molecule has 1 aromatic carbocycles. The van der Waals surface area contributed by atoms with E-state index in [1.165, 1.54) is 12.1 Å². The van der Waals surface area contributed by atoms with E-state index in [9.17, 15) is 18.0 Å². The van der Waals surface area contributed by atoms with Crippen molar-refractivity contribution >= 4 is 21.6 Å². The predicted molar refractivity (Wildman–Crippen MR) is 65.7 cm³/mol. The van der Waals surface area contributed by atoms with Gasteiger partial charge in [-0.3, -0.25) is 9.59 Å². The smallest absolute Gasteiger partial charge is 0.321 e. The first-order valence-electron chi connectivity index (χ1n) is 4.96. The Morgan fingerprint density at radius 3 is 2.28 bits per heavy atom. The third-order valence-electron chi connectivity index (χ3n) is 2.20. The number of rotatable bonds is 5. The highest BCUT2D eigenvalue weighted by molar-refractivity contribution is 7.96. The minimum absolute atomic E-state index is 0.205. The lowest BCUT2D eigenvalue weighted by atomic mass is 10.1. The summed E-state index contributed by atoms with van der Waals surface area (Å²) in [6.07, 6.45) is 0. The molecule has 0 radical (unpaired) electrons. The van der Waals surface area contributed by atoms with E-state index in [0.717, 1.165) is 7.11 Å². The Labute approximate surface area is 105 Å². The number of carbonyl (C=O) groups is 2. The summed E-state index contributed by atoms with van der Waals surface area (Å²) in [6, 6.07) is 7.85. The van der Waals surface area contributed by atoms with Crippen molar-refractivity contribution < 1.29 is 22.7 Å². The average molecular weight is 268 g/mol. The van der Waals surface area contributed by atoms with Gasteiger partial charge in [-0.15, -0.1) is 0 Å². The van der Waals surface area contributed by atoms with Gasteiger partial charge in [-0.1, -0.05) is 36.9 Å². The van der Waals surface area contributed by atoms with E-state index >= 15 is 0 Å². The molecule has 0 bridgehead atoms. The number of hydrogen-bond donors (Lipinski definition) is 0. The second-order valence-corrected chi connectivity index (χ2v) is 5.46. The zero-order valence-corrected chi connectivity index (χ0v) is 10.6. The molecule has 6 heteroatoms. The van der Waals surface area contributed by atoms with Gasteiger partial charge in [0.05, 0.1) is 7.11 Å². The van der Waals surface area contributed by atoms with E-state index in [1.807, 2.05) is 0 Å². The van der Waals surface area contributed by atoms with Gasteiger partial charge in [0.15, 0.2) is 15.6 Å². The zero-order valence-electron chi connectivity index (χ0n) is 9.75. The summed E-state index contributed by atoms with van der Waals surface area (Å²) >= 11 is 0. The Bertz CT molecular complexity index is 572. The van der Waals surface area contributed by atoms with Crippen LogP contribution in [0.4, 0.5) is 0 Å². The Morgan fingerprint density at radius 2 is 1.78 bits per heavy atom. The molecule has 0 spiro atoms. The molecule has 0 atom stereocenters. The molecule has 0 aromatic heterocycles. The van der Waals surface area contributed by atoms with E-state index in [4.69, 9.17) is 0 Å². The van der Waals surface area contributed by atoms with Gasteiger partial charge in [0.2, 0.25) is 5.78 Å². The van der Waals surface area contributed by atoms with Crippen molar-refractivity contribution in [1.82, 2.24) is 0 Å². The zero-order chi connectivity index (χ0) is 13.8. The maximum Gasteiger partial charge on any atom is 0.321 e. The highest BCUT2D eigenvalue weighted by atomic mass is 32.2. The first-order valence-corrected chi connectivity index (χ1v) is 6.62. The molecule has 18 heavy (non-hydrogen) atoms. The average Bonchev–Trinajstić information content (AvgIpc) is 2.37. The van der Waals surface area contributed by atoms with Gasteiger partial charge in [-0.25, -0.2) is 8.42 Å². The van der Waals surface area contributed by atoms with Crippen molar-refractivity contribution in [2.45, 2.75) is 0 Å². The minimum atomic E-state index is -4.04. The molecule has 0 fully saturated rings. The van der Waals surface area contributed by atoms with Crippen LogP contribution >= 0.6 is 0 Å². The number of esters is 1. The van der Waals surface area contributed by atoms with Crippen LogP contribution in [0.2, 0.25) is 0 Å². The lowest BCUT2D eigenvalue weighted by molar-refractivity contribution is -0.137. The van der Waals surface area contributed by atoms with Crippen molar-refractivity contribution in [3.05, 3.63) is 47.4 Å². The molecule has 0 aliphatic rings. The SMILES string of the molecule is C=C(C(=O)c1ccccc1)S(=O)(=O)CC(=O)OC. The molecular formula is C12H12O5S. The van der Waals surface area contributed by atoms with Crippen molar-refractivity contribution in [2.24, 2.45) is 0 Å². The molecule has 1 rings (SSSR count). The van der Waals surface area contributed by atoms with Crippen molar-refractivity contribution in [3.8, 4) is 0 Å². The molecule has 0 N–H and O–H groups in total. The van der Waals surface area contributed by atoms with Crippen LogP contribution in [-0.2, 0) is 19.4 Å². The second-order valence-electron chi connectivity index (χ2n) is 3.45. The molecule has 0 amide bonds. The first kappa shape index (κ1) is 14.1. The maximum atomic E-state index is 11.8. The van der Waals surface area contributed by atoms with Gasteiger partial charge in [-0.2, -0.15) is 0 Å². The van der Waals surface area contributed by atoms with Crippen LogP contribution in [0.1, 0.15) is 10.4 Å². The van der Waals surface area contributed by atoms with Crippen LogP contribution in [0.15, 0.2) is 41.8 Å². The molecule has 0 unspecified atom stereocenters. The number of Topliss-reactive ketones (excluding diaryl/α,β-unsaturated/α-hetero) is 1. The van der Waals surface area contributed by atoms with Crippen molar-refractivity contribution in [3.63, 3.8) is 0 Å². The number of methoxy groups -OCH3 is 1. The molecule has 5 nitrogen and oxygen atoms in total. The first-order chi connectivity index (χ1) is 8.38. The number of hydrogen-bond acceptors (Lipinski definition) is 5. The third-order valence-corrected chi connectivity index (χ3v) is 3.75. The lowest BCUT2D eigenvalue weighted by Crippen LogP contribution is -2.22. The van der Waals surface area contributed by atoms with E-state index in [1.54, 1.807) is 18.2 Å². The summed E-state index contributed by atoms with van der Waals surface area (Å²) in [5.41, 5.74) is 0.205. The fourth-order valence-electron chi connectivity index (χ4n) is 1.19. The number of benzene rings is 1. The van der Waals surface area contributed by atoms with Crippen LogP contribution < -0.4 is 0 Å². The maximum absolute atomic E-state index is 11.8. The highest BCUT2D eigenvalue weighted by Crippen LogP contribution is 2.13. The Hall–Kier alpha value is -1.95. The molecule has 0 heterocycles. The van der Waals surface area contributed by atoms with Gasteiger partial charge in [0, 0.05) is 5.56 Å². The quantitative estimate of drug-likeness (QED) is 0.452. The Kier molecular flexibility index (Phi) is 4.38. The molecule has 96 valence electrons. The van der Waals surface area contributed by atoms with E-state index in [2.05, 4.69) is 11.3 Å². The predicted octanol–water partition coefficient (Wildman–Crippen LogP) is 0.971. The summed E-state index contributed by atoms with van der Waals surface area (Å²) in [7, 11) is -2.97. The summed E-state index contributed by atoms with van der Waals surface area (Å²) in [5, 5.41) is 0. The summed E-state index contributed by atoms with van der Waals surface area (Å²) < 4.78 is 27.6. The standard InChI is InChI=1S/C12H12O5S/c1-9(18(15,16)8-11(13)17-2)12(14)10-6-4-3-5-7-10/h3-7H,1,8H2,2H3. The number of carbonyl (C=O) groups excluding carboxylic acids is 2. The molecule has 0 aliphatic heterocycles. The highest BCUT2D eigenvalue weighted by Gasteiger charge is 2.26. The summed E-state index contributed by atoms with van der Waals surface area (Å²) in [5.74, 6) is -2.54. The largest absolute Gasteiger partial charge is 0.468 e. The fraction of sp³-hybridized carbons (Fsp3) is 0.167. The van der Waals surface area contributed by atoms with Crippen LogP contribution in [0, 0.1) is 0 Å². The minimum Gasteiger partial charge on any atom is -0.468 e. The van der Waals surface area contributed by atoms with Gasteiger partial charge >= 0.3 is 5.97 Å². The van der Waals surface area contributed by atoms with Gasteiger partial charge in [-0.05, 0) is 0 Å². The monoisotopic (exact) mass is 268 g/mol. The van der Waals surface area contributed by atoms with Crippen molar-refractivity contribution in [2.75, 3.05) is 12.9 Å². The van der Waals surface area contributed by atoms with Gasteiger partial charge < -0.3 is 4.74 Å². The summed E-state index contributed by atoms with van der Waals surface area (Å²) in [4.78, 5) is 22.2. The molecule has 0 saturated carbocycles. The topological polar surface area (TPSA) is 77.5 Å². The lowest BCUT2D eigenvalue weighted by Gasteiger charge is -2.05.